The molecule has 2 heteroatoms. The van der Waals surface area contributed by atoms with Gasteiger partial charge >= 0.3 is 0 Å². The van der Waals surface area contributed by atoms with Crippen LogP contribution in [-0.2, 0) is 6.54 Å². The lowest BCUT2D eigenvalue weighted by molar-refractivity contribution is 0.780. The lowest BCUT2D eigenvalue weighted by Gasteiger charge is -1.99. The van der Waals surface area contributed by atoms with Crippen LogP contribution >= 0.6 is 0 Å². The van der Waals surface area contributed by atoms with E-state index in [1.807, 2.05) is 18.2 Å². The van der Waals surface area contributed by atoms with Crippen molar-refractivity contribution in [3.05, 3.63) is 35.9 Å². The summed E-state index contributed by atoms with van der Waals surface area (Å²) < 4.78 is 0. The van der Waals surface area contributed by atoms with Gasteiger partial charge in [-0.25, -0.2) is 0 Å². The van der Waals surface area contributed by atoms with E-state index < -0.39 is 0 Å². The third kappa shape index (κ3) is 2.96. The van der Waals surface area contributed by atoms with Gasteiger partial charge in [0, 0.05) is 20.7 Å². The molecule has 0 amide bonds. The van der Waals surface area contributed by atoms with E-state index in [9.17, 15) is 0 Å². The Balaban J connectivity index is 0.00000121. The second kappa shape index (κ2) is 4.63. The first-order chi connectivity index (χ1) is 5.43. The maximum atomic E-state index is 6.78. The molecule has 0 heterocycles. The van der Waals surface area contributed by atoms with Gasteiger partial charge < -0.3 is 10.7 Å². The molecule has 0 atom stereocenters. The molecular weight excluding hydrogens is 136 g/mol. The van der Waals surface area contributed by atoms with Crippen molar-refractivity contribution in [3.63, 3.8) is 0 Å². The van der Waals surface area contributed by atoms with Crippen molar-refractivity contribution in [3.8, 4) is 0 Å². The molecule has 0 unspecified atom stereocenters. The van der Waals surface area contributed by atoms with Crippen molar-refractivity contribution in [1.82, 2.24) is 5.32 Å². The van der Waals surface area contributed by atoms with E-state index in [0.29, 0.717) is 6.54 Å². The molecule has 0 spiro atoms. The highest BCUT2D eigenvalue weighted by Gasteiger charge is 1.86. The molecule has 0 bridgehead atoms. The van der Waals surface area contributed by atoms with Crippen LogP contribution in [0.25, 0.3) is 0 Å². The minimum atomic E-state index is 0. The van der Waals surface area contributed by atoms with Gasteiger partial charge in [0.25, 0.3) is 0 Å². The zero-order chi connectivity index (χ0) is 7.94. The second-order valence-electron chi connectivity index (χ2n) is 2.32. The van der Waals surface area contributed by atoms with Crippen LogP contribution in [-0.4, -0.2) is 12.8 Å². The van der Waals surface area contributed by atoms with Crippen molar-refractivity contribution in [2.75, 3.05) is 6.54 Å². The Hall–Kier alpha value is -1.15. The standard InChI is InChI=1S/C9H12N2.H2/c10-6-7-11-8-9-4-2-1-3-5-9;/h1-6,10-11H,7-8H2;1H. The minimum Gasteiger partial charge on any atom is -0.312 e. The fourth-order valence-corrected chi connectivity index (χ4v) is 0.885. The van der Waals surface area contributed by atoms with Gasteiger partial charge in [0.15, 0.2) is 0 Å². The Labute approximate surface area is 68.2 Å². The lowest BCUT2D eigenvalue weighted by Crippen LogP contribution is -2.14. The molecule has 0 fully saturated rings. The molecule has 0 aromatic heterocycles. The number of hydrogen-bond donors (Lipinski definition) is 2. The monoisotopic (exact) mass is 150 g/mol. The van der Waals surface area contributed by atoms with Gasteiger partial charge in [0.2, 0.25) is 0 Å². The zero-order valence-corrected chi connectivity index (χ0v) is 6.38. The van der Waals surface area contributed by atoms with Gasteiger partial charge in [0.05, 0.1) is 0 Å². The van der Waals surface area contributed by atoms with Gasteiger partial charge in [-0.1, -0.05) is 30.3 Å². The van der Waals surface area contributed by atoms with Crippen LogP contribution in [0.1, 0.15) is 6.99 Å². The highest BCUT2D eigenvalue weighted by Crippen LogP contribution is 1.96. The van der Waals surface area contributed by atoms with Crippen molar-refractivity contribution in [1.29, 1.82) is 5.41 Å². The molecule has 1 aromatic rings. The van der Waals surface area contributed by atoms with E-state index >= 15 is 0 Å². The number of nitrogens with one attached hydrogen (secondary N) is 2. The fraction of sp³-hybridized carbons (Fsp3) is 0.222. The van der Waals surface area contributed by atoms with Gasteiger partial charge in [0.1, 0.15) is 0 Å². The van der Waals surface area contributed by atoms with Crippen molar-refractivity contribution in [2.45, 2.75) is 6.54 Å². The van der Waals surface area contributed by atoms with Crippen LogP contribution in [0.15, 0.2) is 30.3 Å². The summed E-state index contributed by atoms with van der Waals surface area (Å²) in [6.07, 6.45) is 1.36. The van der Waals surface area contributed by atoms with Crippen LogP contribution in [0.3, 0.4) is 0 Å². The molecule has 0 aliphatic carbocycles. The lowest BCUT2D eigenvalue weighted by atomic mass is 10.2. The van der Waals surface area contributed by atoms with Crippen molar-refractivity contribution < 1.29 is 1.43 Å². The van der Waals surface area contributed by atoms with Crippen molar-refractivity contribution in [2.24, 2.45) is 0 Å². The Kier molecular flexibility index (Phi) is 3.35. The quantitative estimate of drug-likeness (QED) is 0.497. The summed E-state index contributed by atoms with van der Waals surface area (Å²) in [7, 11) is 0. The van der Waals surface area contributed by atoms with Crippen LogP contribution < -0.4 is 5.32 Å². The van der Waals surface area contributed by atoms with Crippen molar-refractivity contribution >= 4 is 6.21 Å². The SMILES string of the molecule is N=CCNCc1ccccc1.[HH]. The average molecular weight is 150 g/mol. The summed E-state index contributed by atoms with van der Waals surface area (Å²) in [6.45, 7) is 1.49. The largest absolute Gasteiger partial charge is 0.312 e. The topological polar surface area (TPSA) is 35.9 Å². The maximum absolute atomic E-state index is 6.78. The number of benzene rings is 1. The van der Waals surface area contributed by atoms with Crippen LogP contribution in [0.2, 0.25) is 0 Å². The molecular formula is C9H14N2. The summed E-state index contributed by atoms with van der Waals surface area (Å²) in [4.78, 5) is 0. The number of rotatable bonds is 4. The van der Waals surface area contributed by atoms with Crippen LogP contribution in [0.4, 0.5) is 0 Å². The molecule has 0 radical (unpaired) electrons. The third-order valence-electron chi connectivity index (χ3n) is 1.42. The van der Waals surface area contributed by atoms with E-state index in [4.69, 9.17) is 5.41 Å². The van der Waals surface area contributed by atoms with Crippen LogP contribution in [0.5, 0.6) is 0 Å². The molecule has 0 aliphatic rings. The fourth-order valence-electron chi connectivity index (χ4n) is 0.885. The van der Waals surface area contributed by atoms with Gasteiger partial charge in [-0.05, 0) is 5.56 Å². The summed E-state index contributed by atoms with van der Waals surface area (Å²) >= 11 is 0. The van der Waals surface area contributed by atoms with Gasteiger partial charge in [-0.3, -0.25) is 0 Å². The van der Waals surface area contributed by atoms with E-state index in [1.165, 1.54) is 11.8 Å². The normalized spacial score (nSPS) is 9.45. The van der Waals surface area contributed by atoms with E-state index in [0.717, 1.165) is 6.54 Å². The summed E-state index contributed by atoms with van der Waals surface area (Å²) in [5.74, 6) is 0. The first-order valence-corrected chi connectivity index (χ1v) is 3.67. The third-order valence-corrected chi connectivity index (χ3v) is 1.42. The summed E-state index contributed by atoms with van der Waals surface area (Å²) in [5.41, 5.74) is 1.26. The van der Waals surface area contributed by atoms with E-state index in [-0.39, 0.29) is 1.43 Å². The smallest absolute Gasteiger partial charge is 0.0305 e. The molecule has 1 rings (SSSR count). The molecule has 1 aromatic carbocycles. The van der Waals surface area contributed by atoms with E-state index in [2.05, 4.69) is 17.4 Å². The average Bonchev–Trinajstić information content (AvgIpc) is 2.07. The predicted octanol–water partition coefficient (Wildman–Crippen LogP) is 1.67. The Morgan fingerprint density at radius 2 is 2.09 bits per heavy atom. The molecule has 11 heavy (non-hydrogen) atoms. The highest BCUT2D eigenvalue weighted by molar-refractivity contribution is 5.55. The van der Waals surface area contributed by atoms with E-state index in [1.54, 1.807) is 0 Å². The molecule has 60 valence electrons. The zero-order valence-electron chi connectivity index (χ0n) is 6.38. The highest BCUT2D eigenvalue weighted by atomic mass is 14.8. The van der Waals surface area contributed by atoms with Gasteiger partial charge in [-0.15, -0.1) is 0 Å². The molecule has 0 aliphatic heterocycles. The first kappa shape index (κ1) is 7.95. The molecule has 2 N–H and O–H groups in total. The second-order valence-corrected chi connectivity index (χ2v) is 2.32. The molecule has 2 nitrogen and oxygen atoms in total. The molecule has 0 saturated heterocycles. The number of hydrogen-bond acceptors (Lipinski definition) is 2. The minimum absolute atomic E-state index is 0. The molecule has 0 saturated carbocycles. The first-order valence-electron chi connectivity index (χ1n) is 3.67. The Bertz CT molecular complexity index is 211. The maximum Gasteiger partial charge on any atom is 0.0305 e. The van der Waals surface area contributed by atoms with Gasteiger partial charge in [-0.2, -0.15) is 0 Å². The Morgan fingerprint density at radius 3 is 2.73 bits per heavy atom. The summed E-state index contributed by atoms with van der Waals surface area (Å²) in [5, 5.41) is 9.89. The summed E-state index contributed by atoms with van der Waals surface area (Å²) in [6, 6.07) is 10.2. The predicted molar refractivity (Wildman–Crippen MR) is 49.0 cm³/mol. The Morgan fingerprint density at radius 1 is 1.36 bits per heavy atom. The van der Waals surface area contributed by atoms with Crippen LogP contribution in [0, 0.1) is 5.41 Å².